The van der Waals surface area contributed by atoms with E-state index in [0.29, 0.717) is 44.0 Å². The standard InChI is InChI=1S/C25H36F3N3O3/c1-4-34-22-15-33-10-7-21(22)30-19-5-8-24(12-19,16(2)3)23(32)31-9-6-20-17(14-31)11-18(13-29-20)25(26,27)28/h11,13,16,19,21-22,30H,4-10,12,14-15H2,1-3H3/t19?,21?,22?,24-/m0/s1. The number of pyridine rings is 1. The number of fused-ring (bicyclic) bond motifs is 1. The van der Waals surface area contributed by atoms with Crippen molar-refractivity contribution in [1.29, 1.82) is 0 Å². The predicted molar refractivity (Wildman–Crippen MR) is 121 cm³/mol. The molecule has 1 amide bonds. The lowest BCUT2D eigenvalue weighted by atomic mass is 9.74. The lowest BCUT2D eigenvalue weighted by molar-refractivity contribution is -0.146. The molecule has 0 spiro atoms. The average Bonchev–Trinajstić information content (AvgIpc) is 3.24. The Labute approximate surface area is 199 Å². The molecule has 3 heterocycles. The zero-order valence-electron chi connectivity index (χ0n) is 20.3. The number of nitrogens with zero attached hydrogens (tertiary/aromatic N) is 2. The summed E-state index contributed by atoms with van der Waals surface area (Å²) in [7, 11) is 0. The van der Waals surface area contributed by atoms with Crippen molar-refractivity contribution in [2.24, 2.45) is 11.3 Å². The van der Waals surface area contributed by atoms with Crippen molar-refractivity contribution in [2.75, 3.05) is 26.4 Å². The third kappa shape index (κ3) is 5.11. The predicted octanol–water partition coefficient (Wildman–Crippen LogP) is 3.96. The van der Waals surface area contributed by atoms with Crippen LogP contribution in [0.5, 0.6) is 0 Å². The normalized spacial score (nSPS) is 30.0. The summed E-state index contributed by atoms with van der Waals surface area (Å²) in [6.07, 6.45) is 0.209. The molecule has 9 heteroatoms. The number of hydrogen-bond acceptors (Lipinski definition) is 5. The fourth-order valence-corrected chi connectivity index (χ4v) is 5.84. The molecule has 4 rings (SSSR count). The van der Waals surface area contributed by atoms with Crippen LogP contribution in [0.2, 0.25) is 0 Å². The van der Waals surface area contributed by atoms with Gasteiger partial charge in [0.15, 0.2) is 0 Å². The molecule has 2 aliphatic heterocycles. The monoisotopic (exact) mass is 483 g/mol. The Hall–Kier alpha value is -1.71. The van der Waals surface area contributed by atoms with Crippen LogP contribution in [0.3, 0.4) is 0 Å². The van der Waals surface area contributed by atoms with Gasteiger partial charge in [0.2, 0.25) is 5.91 Å². The molecule has 0 radical (unpaired) electrons. The molecule has 1 aromatic rings. The van der Waals surface area contributed by atoms with Crippen LogP contribution in [-0.2, 0) is 33.4 Å². The molecule has 34 heavy (non-hydrogen) atoms. The third-order valence-corrected chi connectivity index (χ3v) is 7.87. The molecule has 4 atom stereocenters. The first-order valence-corrected chi connectivity index (χ1v) is 12.4. The van der Waals surface area contributed by atoms with Crippen LogP contribution in [0.15, 0.2) is 12.3 Å². The molecule has 3 aliphatic rings. The van der Waals surface area contributed by atoms with E-state index in [0.717, 1.165) is 37.9 Å². The Morgan fingerprint density at radius 2 is 2.18 bits per heavy atom. The van der Waals surface area contributed by atoms with E-state index in [1.807, 2.05) is 6.92 Å². The fraction of sp³-hybridized carbons (Fsp3) is 0.760. The number of aromatic nitrogens is 1. The number of amides is 1. The molecule has 1 saturated heterocycles. The molecule has 1 aromatic heterocycles. The second kappa shape index (κ2) is 10.1. The summed E-state index contributed by atoms with van der Waals surface area (Å²) in [5.41, 5.74) is -0.119. The molecular weight excluding hydrogens is 447 g/mol. The van der Waals surface area contributed by atoms with Gasteiger partial charge in [-0.1, -0.05) is 13.8 Å². The SMILES string of the molecule is CCOC1COCCC1NC1CC[C@@](C(=O)N2CCc3ncc(C(F)(F)F)cc3C2)(C(C)C)C1. The molecule has 190 valence electrons. The molecule has 2 fully saturated rings. The van der Waals surface area contributed by atoms with Crippen molar-refractivity contribution in [3.8, 4) is 0 Å². The fourth-order valence-electron chi connectivity index (χ4n) is 5.84. The first-order chi connectivity index (χ1) is 16.1. The van der Waals surface area contributed by atoms with Gasteiger partial charge in [-0.25, -0.2) is 0 Å². The van der Waals surface area contributed by atoms with Gasteiger partial charge in [-0.05, 0) is 50.2 Å². The van der Waals surface area contributed by atoms with Gasteiger partial charge in [0, 0.05) is 56.7 Å². The first kappa shape index (κ1) is 25.4. The summed E-state index contributed by atoms with van der Waals surface area (Å²) < 4.78 is 51.0. The Kier molecular flexibility index (Phi) is 7.55. The van der Waals surface area contributed by atoms with Gasteiger partial charge >= 0.3 is 6.18 Å². The minimum atomic E-state index is -4.44. The summed E-state index contributed by atoms with van der Waals surface area (Å²) in [5, 5.41) is 3.75. The third-order valence-electron chi connectivity index (χ3n) is 7.87. The van der Waals surface area contributed by atoms with Gasteiger partial charge in [0.05, 0.1) is 23.7 Å². The van der Waals surface area contributed by atoms with Crippen LogP contribution >= 0.6 is 0 Å². The Morgan fingerprint density at radius 1 is 1.38 bits per heavy atom. The summed E-state index contributed by atoms with van der Waals surface area (Å²) in [6.45, 7) is 8.72. The Morgan fingerprint density at radius 3 is 2.88 bits per heavy atom. The van der Waals surface area contributed by atoms with E-state index in [9.17, 15) is 18.0 Å². The highest BCUT2D eigenvalue weighted by molar-refractivity contribution is 5.83. The zero-order valence-corrected chi connectivity index (χ0v) is 20.3. The second-order valence-electron chi connectivity index (χ2n) is 10.2. The van der Waals surface area contributed by atoms with Crippen molar-refractivity contribution >= 4 is 5.91 Å². The lowest BCUT2D eigenvalue weighted by Crippen LogP contribution is -2.52. The number of ether oxygens (including phenoxy) is 2. The summed E-state index contributed by atoms with van der Waals surface area (Å²) in [5.74, 6) is 0.188. The van der Waals surface area contributed by atoms with Crippen molar-refractivity contribution in [1.82, 2.24) is 15.2 Å². The van der Waals surface area contributed by atoms with E-state index in [4.69, 9.17) is 9.47 Å². The maximum atomic E-state index is 13.9. The van der Waals surface area contributed by atoms with E-state index in [-0.39, 0.29) is 36.6 Å². The number of hydrogen-bond donors (Lipinski definition) is 1. The molecule has 1 N–H and O–H groups in total. The van der Waals surface area contributed by atoms with Crippen molar-refractivity contribution < 1.29 is 27.4 Å². The number of carbonyl (C=O) groups excluding carboxylic acids is 1. The molecule has 1 aliphatic carbocycles. The van der Waals surface area contributed by atoms with Crippen LogP contribution < -0.4 is 5.32 Å². The highest BCUT2D eigenvalue weighted by Gasteiger charge is 2.50. The quantitative estimate of drug-likeness (QED) is 0.664. The van der Waals surface area contributed by atoms with E-state index < -0.39 is 17.2 Å². The zero-order chi connectivity index (χ0) is 24.5. The van der Waals surface area contributed by atoms with Crippen LogP contribution in [0.4, 0.5) is 13.2 Å². The van der Waals surface area contributed by atoms with Crippen molar-refractivity contribution in [3.63, 3.8) is 0 Å². The topological polar surface area (TPSA) is 63.7 Å². The number of nitrogens with one attached hydrogen (secondary N) is 1. The lowest BCUT2D eigenvalue weighted by Gasteiger charge is -2.40. The maximum Gasteiger partial charge on any atom is 0.417 e. The first-order valence-electron chi connectivity index (χ1n) is 12.4. The van der Waals surface area contributed by atoms with Crippen LogP contribution in [0.1, 0.15) is 63.3 Å². The largest absolute Gasteiger partial charge is 0.417 e. The molecule has 3 unspecified atom stereocenters. The molecular formula is C25H36F3N3O3. The number of rotatable bonds is 6. The summed E-state index contributed by atoms with van der Waals surface area (Å²) >= 11 is 0. The highest BCUT2D eigenvalue weighted by atomic mass is 19.4. The Bertz CT molecular complexity index is 877. The molecule has 1 saturated carbocycles. The number of halogens is 3. The molecule has 0 aromatic carbocycles. The van der Waals surface area contributed by atoms with E-state index in [1.165, 1.54) is 0 Å². The average molecular weight is 484 g/mol. The summed E-state index contributed by atoms with van der Waals surface area (Å²) in [4.78, 5) is 19.7. The minimum Gasteiger partial charge on any atom is -0.379 e. The van der Waals surface area contributed by atoms with Crippen LogP contribution in [-0.4, -0.2) is 60.3 Å². The van der Waals surface area contributed by atoms with Gasteiger partial charge in [-0.2, -0.15) is 13.2 Å². The smallest absolute Gasteiger partial charge is 0.379 e. The Balaban J connectivity index is 1.47. The van der Waals surface area contributed by atoms with E-state index in [2.05, 4.69) is 24.1 Å². The maximum absolute atomic E-state index is 13.9. The van der Waals surface area contributed by atoms with Crippen LogP contribution in [0, 0.1) is 11.3 Å². The van der Waals surface area contributed by atoms with Crippen LogP contribution in [0.25, 0.3) is 0 Å². The van der Waals surface area contributed by atoms with E-state index in [1.54, 1.807) is 4.90 Å². The van der Waals surface area contributed by atoms with E-state index >= 15 is 0 Å². The number of alkyl halides is 3. The van der Waals surface area contributed by atoms with Gasteiger partial charge in [-0.15, -0.1) is 0 Å². The van der Waals surface area contributed by atoms with Gasteiger partial charge in [0.25, 0.3) is 0 Å². The van der Waals surface area contributed by atoms with Gasteiger partial charge in [-0.3, -0.25) is 9.78 Å². The van der Waals surface area contributed by atoms with Crippen molar-refractivity contribution in [2.45, 2.75) is 83.8 Å². The minimum absolute atomic E-state index is 0.0115. The number of carbonyl (C=O) groups is 1. The molecule has 0 bridgehead atoms. The van der Waals surface area contributed by atoms with Gasteiger partial charge < -0.3 is 19.7 Å². The second-order valence-corrected chi connectivity index (χ2v) is 10.2. The molecule has 6 nitrogen and oxygen atoms in total. The summed E-state index contributed by atoms with van der Waals surface area (Å²) in [6, 6.07) is 1.56. The van der Waals surface area contributed by atoms with Gasteiger partial charge in [0.1, 0.15) is 0 Å². The van der Waals surface area contributed by atoms with Crippen molar-refractivity contribution in [3.05, 3.63) is 29.1 Å². The highest BCUT2D eigenvalue weighted by Crippen LogP contribution is 2.47.